The summed E-state index contributed by atoms with van der Waals surface area (Å²) < 4.78 is 0. The minimum absolute atomic E-state index is 0.00134. The predicted molar refractivity (Wildman–Crippen MR) is 65.2 cm³/mol. The fourth-order valence-corrected chi connectivity index (χ4v) is 2.42. The number of anilines is 1. The van der Waals surface area contributed by atoms with E-state index in [9.17, 15) is 9.59 Å². The monoisotopic (exact) mass is 228 g/mol. The molecular weight excluding hydrogens is 216 g/mol. The molecular formula is C13H12N2O2. The second-order valence-electron chi connectivity index (χ2n) is 4.34. The third-order valence-electron chi connectivity index (χ3n) is 3.22. The fraction of sp³-hybridized carbons (Fsp3) is 0.231. The lowest BCUT2D eigenvalue weighted by Crippen LogP contribution is -2.02. The van der Waals surface area contributed by atoms with Gasteiger partial charge in [-0.15, -0.1) is 0 Å². The molecule has 0 atom stereocenters. The maximum Gasteiger partial charge on any atom is 0.179 e. The number of aromatic amines is 1. The van der Waals surface area contributed by atoms with Crippen LogP contribution in [0.2, 0.25) is 0 Å². The summed E-state index contributed by atoms with van der Waals surface area (Å²) in [4.78, 5) is 27.0. The Hall–Kier alpha value is -2.10. The highest BCUT2D eigenvalue weighted by Gasteiger charge is 2.26. The van der Waals surface area contributed by atoms with E-state index in [4.69, 9.17) is 5.73 Å². The Bertz CT molecular complexity index is 640. The van der Waals surface area contributed by atoms with Gasteiger partial charge in [0.25, 0.3) is 0 Å². The van der Waals surface area contributed by atoms with Gasteiger partial charge in [0.15, 0.2) is 11.6 Å². The van der Waals surface area contributed by atoms with Gasteiger partial charge in [0.2, 0.25) is 0 Å². The van der Waals surface area contributed by atoms with Crippen LogP contribution in [0.15, 0.2) is 18.2 Å². The fourth-order valence-electron chi connectivity index (χ4n) is 2.42. The summed E-state index contributed by atoms with van der Waals surface area (Å²) in [7, 11) is 0. The molecule has 2 aromatic rings. The molecule has 4 nitrogen and oxygen atoms in total. The summed E-state index contributed by atoms with van der Waals surface area (Å²) in [6.45, 7) is 0. The number of rotatable bonds is 0. The molecule has 0 spiro atoms. The third kappa shape index (κ3) is 1.37. The smallest absolute Gasteiger partial charge is 0.179 e. The first-order chi connectivity index (χ1) is 8.18. The van der Waals surface area contributed by atoms with Crippen LogP contribution in [-0.2, 0) is 0 Å². The van der Waals surface area contributed by atoms with Crippen molar-refractivity contribution < 1.29 is 9.59 Å². The van der Waals surface area contributed by atoms with Gasteiger partial charge >= 0.3 is 0 Å². The van der Waals surface area contributed by atoms with Gasteiger partial charge in [0.1, 0.15) is 0 Å². The molecule has 0 radical (unpaired) electrons. The van der Waals surface area contributed by atoms with Crippen molar-refractivity contribution in [3.8, 4) is 0 Å². The Morgan fingerprint density at radius 1 is 1.12 bits per heavy atom. The summed E-state index contributed by atoms with van der Waals surface area (Å²) in [6.07, 6.45) is 1.46. The number of nitrogens with two attached hydrogens (primary N) is 1. The third-order valence-corrected chi connectivity index (χ3v) is 3.22. The Morgan fingerprint density at radius 3 is 2.71 bits per heavy atom. The standard InChI is InChI=1S/C13H12N2O2/c14-7-3-1-4-8-11(7)12-9(16)5-2-6-10(17)13(12)15-8/h1,3-4,15H,2,5-6,14H2. The van der Waals surface area contributed by atoms with E-state index in [0.717, 1.165) is 5.52 Å². The van der Waals surface area contributed by atoms with Crippen LogP contribution in [-0.4, -0.2) is 16.6 Å². The quantitative estimate of drug-likeness (QED) is 0.536. The lowest BCUT2D eigenvalue weighted by molar-refractivity contribution is 0.0978. The van der Waals surface area contributed by atoms with E-state index < -0.39 is 0 Å². The molecule has 1 heterocycles. The number of benzene rings is 1. The summed E-state index contributed by atoms with van der Waals surface area (Å²) in [5, 5.41) is 0.697. The van der Waals surface area contributed by atoms with Crippen molar-refractivity contribution in [3.63, 3.8) is 0 Å². The van der Waals surface area contributed by atoms with E-state index in [1.54, 1.807) is 6.07 Å². The van der Waals surface area contributed by atoms with Gasteiger partial charge in [0, 0.05) is 29.4 Å². The van der Waals surface area contributed by atoms with Crippen molar-refractivity contribution >= 4 is 28.2 Å². The molecule has 17 heavy (non-hydrogen) atoms. The van der Waals surface area contributed by atoms with Crippen molar-refractivity contribution in [2.45, 2.75) is 19.3 Å². The number of carbonyl (C=O) groups is 2. The van der Waals surface area contributed by atoms with Crippen molar-refractivity contribution in [2.75, 3.05) is 5.73 Å². The highest BCUT2D eigenvalue weighted by Crippen LogP contribution is 2.31. The van der Waals surface area contributed by atoms with E-state index in [2.05, 4.69) is 4.98 Å². The normalized spacial score (nSPS) is 16.0. The van der Waals surface area contributed by atoms with Gasteiger partial charge in [-0.3, -0.25) is 9.59 Å². The molecule has 0 saturated heterocycles. The molecule has 0 bridgehead atoms. The number of ketones is 2. The number of carbonyl (C=O) groups excluding carboxylic acids is 2. The molecule has 1 aromatic carbocycles. The number of aromatic nitrogens is 1. The Morgan fingerprint density at radius 2 is 1.88 bits per heavy atom. The minimum atomic E-state index is 0.00134. The van der Waals surface area contributed by atoms with E-state index in [0.29, 0.717) is 41.6 Å². The van der Waals surface area contributed by atoms with Crippen molar-refractivity contribution in [1.82, 2.24) is 4.98 Å². The molecule has 0 aliphatic heterocycles. The van der Waals surface area contributed by atoms with Crippen molar-refractivity contribution in [2.24, 2.45) is 0 Å². The highest BCUT2D eigenvalue weighted by molar-refractivity contribution is 6.20. The van der Waals surface area contributed by atoms with Crippen LogP contribution in [0, 0.1) is 0 Å². The first-order valence-electron chi connectivity index (χ1n) is 5.65. The van der Waals surface area contributed by atoms with Crippen LogP contribution in [0.5, 0.6) is 0 Å². The molecule has 3 rings (SSSR count). The second-order valence-corrected chi connectivity index (χ2v) is 4.34. The predicted octanol–water partition coefficient (Wildman–Crippen LogP) is 2.30. The van der Waals surface area contributed by atoms with E-state index in [1.165, 1.54) is 0 Å². The van der Waals surface area contributed by atoms with Crippen LogP contribution < -0.4 is 5.73 Å². The molecule has 4 heteroatoms. The highest BCUT2D eigenvalue weighted by atomic mass is 16.1. The van der Waals surface area contributed by atoms with Crippen LogP contribution in [0.4, 0.5) is 5.69 Å². The largest absolute Gasteiger partial charge is 0.398 e. The van der Waals surface area contributed by atoms with Gasteiger partial charge in [-0.1, -0.05) is 6.07 Å². The Balaban J connectivity index is 2.42. The molecule has 1 aliphatic rings. The molecule has 0 unspecified atom stereocenters. The number of H-pyrrole nitrogens is 1. The zero-order valence-corrected chi connectivity index (χ0v) is 9.25. The lowest BCUT2D eigenvalue weighted by atomic mass is 10.0. The zero-order chi connectivity index (χ0) is 12.0. The van der Waals surface area contributed by atoms with Crippen LogP contribution >= 0.6 is 0 Å². The maximum atomic E-state index is 12.1. The summed E-state index contributed by atoms with van der Waals surface area (Å²) in [5.41, 5.74) is 8.12. The average Bonchev–Trinajstić information content (AvgIpc) is 2.63. The van der Waals surface area contributed by atoms with Gasteiger partial charge in [-0.25, -0.2) is 0 Å². The molecule has 1 aromatic heterocycles. The average molecular weight is 228 g/mol. The van der Waals surface area contributed by atoms with Crippen molar-refractivity contribution in [1.29, 1.82) is 0 Å². The van der Waals surface area contributed by atoms with Gasteiger partial charge in [-0.05, 0) is 18.6 Å². The van der Waals surface area contributed by atoms with Crippen LogP contribution in [0.1, 0.15) is 40.1 Å². The topological polar surface area (TPSA) is 76.0 Å². The molecule has 3 N–H and O–H groups in total. The van der Waals surface area contributed by atoms with E-state index in [-0.39, 0.29) is 11.6 Å². The molecule has 1 aliphatic carbocycles. The number of nitrogen functional groups attached to an aromatic ring is 1. The number of fused-ring (bicyclic) bond motifs is 3. The summed E-state index contributed by atoms with van der Waals surface area (Å²) in [5.74, 6) is 0.0106. The number of hydrogen-bond acceptors (Lipinski definition) is 3. The van der Waals surface area contributed by atoms with E-state index >= 15 is 0 Å². The molecule has 0 saturated carbocycles. The molecule has 86 valence electrons. The summed E-state index contributed by atoms with van der Waals surface area (Å²) in [6, 6.07) is 5.39. The Labute approximate surface area is 97.8 Å². The zero-order valence-electron chi connectivity index (χ0n) is 9.25. The number of hydrogen-bond donors (Lipinski definition) is 2. The van der Waals surface area contributed by atoms with Crippen LogP contribution in [0.25, 0.3) is 10.9 Å². The maximum absolute atomic E-state index is 12.1. The van der Waals surface area contributed by atoms with Crippen molar-refractivity contribution in [3.05, 3.63) is 29.5 Å². The lowest BCUT2D eigenvalue weighted by Gasteiger charge is -1.99. The van der Waals surface area contributed by atoms with Gasteiger partial charge in [0.05, 0.1) is 11.3 Å². The summed E-state index contributed by atoms with van der Waals surface area (Å²) >= 11 is 0. The van der Waals surface area contributed by atoms with E-state index in [1.807, 2.05) is 12.1 Å². The minimum Gasteiger partial charge on any atom is -0.398 e. The van der Waals surface area contributed by atoms with Gasteiger partial charge < -0.3 is 10.7 Å². The SMILES string of the molecule is Nc1cccc2[nH]c3c(c12)C(=O)CCCC3=O. The Kier molecular flexibility index (Phi) is 2.04. The first-order valence-corrected chi connectivity index (χ1v) is 5.65. The first kappa shape index (κ1) is 10.1. The number of nitrogens with one attached hydrogen (secondary N) is 1. The second kappa shape index (κ2) is 3.45. The van der Waals surface area contributed by atoms with Crippen LogP contribution in [0.3, 0.4) is 0 Å². The molecule has 0 fully saturated rings. The van der Waals surface area contributed by atoms with Gasteiger partial charge in [-0.2, -0.15) is 0 Å². The number of Topliss-reactive ketones (excluding diaryl/α,β-unsaturated/α-hetero) is 2. The molecule has 0 amide bonds.